The summed E-state index contributed by atoms with van der Waals surface area (Å²) in [6, 6.07) is 0. The molecule has 0 amide bonds. The molecule has 0 heterocycles. The molecule has 0 spiro atoms. The van der Waals surface area contributed by atoms with Crippen molar-refractivity contribution >= 4 is 11.6 Å². The molecular weight excluding hydrogens is 220 g/mol. The molecule has 0 aliphatic heterocycles. The number of ketones is 2. The molecule has 0 saturated carbocycles. The van der Waals surface area contributed by atoms with E-state index in [-0.39, 0.29) is 11.6 Å². The van der Waals surface area contributed by atoms with Gasteiger partial charge in [-0.25, -0.2) is 0 Å². The van der Waals surface area contributed by atoms with Crippen LogP contribution in [0.5, 0.6) is 0 Å². The highest BCUT2D eigenvalue weighted by molar-refractivity contribution is 5.76. The predicted molar refractivity (Wildman–Crippen MR) is 65.7 cm³/mol. The normalized spacial score (nSPS) is 10.1. The number of azide groups is 1. The average molecular weight is 240 g/mol. The van der Waals surface area contributed by atoms with Crippen LogP contribution in [0.4, 0.5) is 0 Å². The molecule has 0 aromatic rings. The Bertz CT molecular complexity index is 280. The highest BCUT2D eigenvalue weighted by Crippen LogP contribution is 1.98. The lowest BCUT2D eigenvalue weighted by Crippen LogP contribution is -2.29. The van der Waals surface area contributed by atoms with Crippen molar-refractivity contribution in [3.8, 4) is 0 Å². The monoisotopic (exact) mass is 240 g/mol. The molecule has 0 aromatic heterocycles. The molecule has 96 valence electrons. The summed E-state index contributed by atoms with van der Waals surface area (Å²) in [5, 5.41) is 3.45. The van der Waals surface area contributed by atoms with Gasteiger partial charge < -0.3 is 4.90 Å². The van der Waals surface area contributed by atoms with Crippen molar-refractivity contribution in [1.29, 1.82) is 0 Å². The van der Waals surface area contributed by atoms with E-state index in [0.29, 0.717) is 32.5 Å². The van der Waals surface area contributed by atoms with Crippen LogP contribution in [0.25, 0.3) is 10.4 Å². The van der Waals surface area contributed by atoms with Crippen molar-refractivity contribution < 1.29 is 9.59 Å². The van der Waals surface area contributed by atoms with Crippen LogP contribution in [-0.2, 0) is 9.59 Å². The standard InChI is InChI=1S/C11H20N4O2/c1-10(16)4-8-15(9-5-11(2)17)7-3-6-13-14-12/h3-9H2,1-2H3. The first-order valence-electron chi connectivity index (χ1n) is 5.78. The maximum Gasteiger partial charge on any atom is 0.131 e. The number of carbonyl (C=O) groups excluding carboxylic acids is 2. The molecule has 6 heteroatoms. The van der Waals surface area contributed by atoms with Crippen LogP contribution in [0.15, 0.2) is 5.11 Å². The van der Waals surface area contributed by atoms with Crippen molar-refractivity contribution in [3.05, 3.63) is 10.4 Å². The first kappa shape index (κ1) is 15.6. The average Bonchev–Trinajstić information content (AvgIpc) is 2.26. The van der Waals surface area contributed by atoms with Gasteiger partial charge in [-0.05, 0) is 32.3 Å². The van der Waals surface area contributed by atoms with Crippen LogP contribution in [0.3, 0.4) is 0 Å². The topological polar surface area (TPSA) is 86.1 Å². The Labute approximate surface area is 102 Å². The van der Waals surface area contributed by atoms with Crippen molar-refractivity contribution in [2.75, 3.05) is 26.2 Å². The summed E-state index contributed by atoms with van der Waals surface area (Å²) in [5.41, 5.74) is 8.14. The van der Waals surface area contributed by atoms with Crippen LogP contribution < -0.4 is 0 Å². The number of hydrogen-bond donors (Lipinski definition) is 0. The van der Waals surface area contributed by atoms with Gasteiger partial charge >= 0.3 is 0 Å². The first-order valence-corrected chi connectivity index (χ1v) is 5.78. The molecule has 0 bridgehead atoms. The van der Waals surface area contributed by atoms with E-state index in [9.17, 15) is 9.59 Å². The Kier molecular flexibility index (Phi) is 9.01. The fourth-order valence-electron chi connectivity index (χ4n) is 1.38. The van der Waals surface area contributed by atoms with Crippen LogP contribution in [0.1, 0.15) is 33.1 Å². The molecule has 0 unspecified atom stereocenters. The van der Waals surface area contributed by atoms with Crippen molar-refractivity contribution in [1.82, 2.24) is 4.90 Å². The minimum Gasteiger partial charge on any atom is -0.302 e. The van der Waals surface area contributed by atoms with E-state index >= 15 is 0 Å². The largest absolute Gasteiger partial charge is 0.302 e. The first-order chi connectivity index (χ1) is 8.06. The Hall–Kier alpha value is -1.39. The molecule has 0 rings (SSSR count). The van der Waals surface area contributed by atoms with E-state index in [1.807, 2.05) is 0 Å². The zero-order valence-electron chi connectivity index (χ0n) is 10.6. The number of rotatable bonds is 10. The van der Waals surface area contributed by atoms with Gasteiger partial charge in [0.15, 0.2) is 0 Å². The summed E-state index contributed by atoms with van der Waals surface area (Å²) < 4.78 is 0. The molecule has 0 saturated heterocycles. The minimum absolute atomic E-state index is 0.146. The maximum atomic E-state index is 10.9. The van der Waals surface area contributed by atoms with Gasteiger partial charge in [0, 0.05) is 37.4 Å². The Morgan fingerprint density at radius 1 is 1.12 bits per heavy atom. The molecule has 0 aliphatic rings. The molecule has 0 atom stereocenters. The lowest BCUT2D eigenvalue weighted by molar-refractivity contribution is -0.117. The highest BCUT2D eigenvalue weighted by atomic mass is 16.1. The van der Waals surface area contributed by atoms with E-state index < -0.39 is 0 Å². The molecule has 0 aliphatic carbocycles. The van der Waals surface area contributed by atoms with E-state index in [1.165, 1.54) is 0 Å². The summed E-state index contributed by atoms with van der Waals surface area (Å²) in [6.45, 7) is 5.65. The Morgan fingerprint density at radius 2 is 1.65 bits per heavy atom. The number of Topliss-reactive ketones (excluding diaryl/α,β-unsaturated/α-hetero) is 2. The Morgan fingerprint density at radius 3 is 2.06 bits per heavy atom. The fraction of sp³-hybridized carbons (Fsp3) is 0.818. The molecule has 0 radical (unpaired) electrons. The van der Waals surface area contributed by atoms with Gasteiger partial charge in [0.25, 0.3) is 0 Å². The summed E-state index contributed by atoms with van der Waals surface area (Å²) in [7, 11) is 0. The second kappa shape index (κ2) is 9.81. The van der Waals surface area contributed by atoms with Crippen LogP contribution in [0, 0.1) is 0 Å². The third kappa shape index (κ3) is 10.9. The number of carbonyl (C=O) groups is 2. The van der Waals surface area contributed by atoms with Crippen molar-refractivity contribution in [2.24, 2.45) is 5.11 Å². The van der Waals surface area contributed by atoms with Gasteiger partial charge in [-0.1, -0.05) is 5.11 Å². The highest BCUT2D eigenvalue weighted by Gasteiger charge is 2.07. The van der Waals surface area contributed by atoms with Gasteiger partial charge in [0.05, 0.1) is 0 Å². The third-order valence-corrected chi connectivity index (χ3v) is 2.36. The van der Waals surface area contributed by atoms with E-state index in [2.05, 4.69) is 14.9 Å². The van der Waals surface area contributed by atoms with Gasteiger partial charge in [0.1, 0.15) is 11.6 Å². The smallest absolute Gasteiger partial charge is 0.131 e. The second-order valence-corrected chi connectivity index (χ2v) is 4.05. The van der Waals surface area contributed by atoms with Gasteiger partial charge in [-0.15, -0.1) is 0 Å². The summed E-state index contributed by atoms with van der Waals surface area (Å²) in [5.74, 6) is 0.292. The fourth-order valence-corrected chi connectivity index (χ4v) is 1.38. The zero-order valence-corrected chi connectivity index (χ0v) is 10.6. The second-order valence-electron chi connectivity index (χ2n) is 4.05. The SMILES string of the molecule is CC(=O)CCN(CCCN=[N+]=[N-])CCC(C)=O. The summed E-state index contributed by atoms with van der Waals surface area (Å²) in [4.78, 5) is 26.5. The minimum atomic E-state index is 0.146. The van der Waals surface area contributed by atoms with Crippen molar-refractivity contribution in [3.63, 3.8) is 0 Å². The van der Waals surface area contributed by atoms with E-state index in [1.54, 1.807) is 13.8 Å². The molecule has 0 aromatic carbocycles. The molecule has 17 heavy (non-hydrogen) atoms. The number of nitrogens with zero attached hydrogens (tertiary/aromatic N) is 4. The Balaban J connectivity index is 3.95. The summed E-state index contributed by atoms with van der Waals surface area (Å²) in [6.07, 6.45) is 1.75. The van der Waals surface area contributed by atoms with Gasteiger partial charge in [-0.2, -0.15) is 0 Å². The maximum absolute atomic E-state index is 10.9. The van der Waals surface area contributed by atoms with Gasteiger partial charge in [0.2, 0.25) is 0 Å². The van der Waals surface area contributed by atoms with Crippen LogP contribution in [0.2, 0.25) is 0 Å². The van der Waals surface area contributed by atoms with Gasteiger partial charge in [-0.3, -0.25) is 9.59 Å². The van der Waals surface area contributed by atoms with Crippen LogP contribution in [-0.4, -0.2) is 42.6 Å². The third-order valence-electron chi connectivity index (χ3n) is 2.36. The molecule has 6 nitrogen and oxygen atoms in total. The zero-order chi connectivity index (χ0) is 13.1. The predicted octanol–water partition coefficient (Wildman–Crippen LogP) is 1.95. The van der Waals surface area contributed by atoms with E-state index in [0.717, 1.165) is 13.0 Å². The lowest BCUT2D eigenvalue weighted by Gasteiger charge is -2.20. The van der Waals surface area contributed by atoms with E-state index in [4.69, 9.17) is 5.53 Å². The van der Waals surface area contributed by atoms with Crippen molar-refractivity contribution in [2.45, 2.75) is 33.1 Å². The molecule has 0 N–H and O–H groups in total. The lowest BCUT2D eigenvalue weighted by atomic mass is 10.2. The molecule has 0 fully saturated rings. The molecular formula is C11H20N4O2. The summed E-state index contributed by atoms with van der Waals surface area (Å²) >= 11 is 0. The number of hydrogen-bond acceptors (Lipinski definition) is 4. The van der Waals surface area contributed by atoms with Crippen LogP contribution >= 0.6 is 0 Å². The quantitative estimate of drug-likeness (QED) is 0.253.